The molecule has 0 saturated carbocycles. The summed E-state index contributed by atoms with van der Waals surface area (Å²) in [6, 6.07) is 0. The number of hydrogen-bond donors (Lipinski definition) is 1. The quantitative estimate of drug-likeness (QED) is 0.588. The van der Waals surface area contributed by atoms with Crippen LogP contribution in [0.2, 0.25) is 0 Å². The van der Waals surface area contributed by atoms with Gasteiger partial charge in [0, 0.05) is 11.8 Å². The summed E-state index contributed by atoms with van der Waals surface area (Å²) < 4.78 is 21.1. The summed E-state index contributed by atoms with van der Waals surface area (Å²) in [5.74, 6) is -3.88. The average Bonchev–Trinajstić information content (AvgIpc) is 3.08. The minimum atomic E-state index is -0.980. The highest BCUT2D eigenvalue weighted by Gasteiger charge is 2.53. The van der Waals surface area contributed by atoms with Gasteiger partial charge in [-0.15, -0.1) is 0 Å². The van der Waals surface area contributed by atoms with Gasteiger partial charge in [0.05, 0.1) is 38.3 Å². The van der Waals surface area contributed by atoms with E-state index < -0.39 is 47.7 Å². The third-order valence-corrected chi connectivity index (χ3v) is 4.81. The van der Waals surface area contributed by atoms with Gasteiger partial charge in [-0.2, -0.15) is 0 Å². The Balaban J connectivity index is 1.86. The lowest BCUT2D eigenvalue weighted by Gasteiger charge is -2.36. The van der Waals surface area contributed by atoms with Crippen molar-refractivity contribution in [2.24, 2.45) is 23.7 Å². The highest BCUT2D eigenvalue weighted by Crippen LogP contribution is 2.42. The van der Waals surface area contributed by atoms with Gasteiger partial charge in [-0.05, 0) is 13.8 Å². The fourth-order valence-electron chi connectivity index (χ4n) is 3.67. The molecule has 0 unspecified atom stereocenters. The first-order valence-corrected chi connectivity index (χ1v) is 7.76. The van der Waals surface area contributed by atoms with Gasteiger partial charge in [-0.25, -0.2) is 0 Å². The van der Waals surface area contributed by atoms with Crippen LogP contribution in [0.15, 0.2) is 12.2 Å². The van der Waals surface area contributed by atoms with Gasteiger partial charge in [0.1, 0.15) is 6.10 Å². The first-order valence-electron chi connectivity index (χ1n) is 7.76. The third-order valence-electron chi connectivity index (χ3n) is 4.81. The molecule has 1 N–H and O–H groups in total. The molecule has 23 heavy (non-hydrogen) atoms. The zero-order chi connectivity index (χ0) is 16.8. The molecule has 3 aliphatic rings. The number of methoxy groups -OCH3 is 1. The molecule has 3 rings (SSSR count). The maximum absolute atomic E-state index is 12.3. The van der Waals surface area contributed by atoms with Crippen LogP contribution in [0.1, 0.15) is 13.8 Å². The molecule has 0 aromatic carbocycles. The van der Waals surface area contributed by atoms with Crippen molar-refractivity contribution in [1.82, 2.24) is 0 Å². The van der Waals surface area contributed by atoms with E-state index in [-0.39, 0.29) is 19.1 Å². The number of aliphatic hydroxyl groups is 1. The van der Waals surface area contributed by atoms with Gasteiger partial charge < -0.3 is 24.1 Å². The SMILES string of the molecule is COC(=O)[C@H]1[C@H]([C@H](O)[C@@H]2COC(C)(C)O2)C=C[C@@H]2COC(=O)[C@@H]12. The van der Waals surface area contributed by atoms with Crippen LogP contribution in [-0.2, 0) is 28.5 Å². The number of ether oxygens (including phenoxy) is 4. The van der Waals surface area contributed by atoms with Crippen LogP contribution in [0.3, 0.4) is 0 Å². The summed E-state index contributed by atoms with van der Waals surface area (Å²) >= 11 is 0. The van der Waals surface area contributed by atoms with Crippen LogP contribution >= 0.6 is 0 Å². The second-order valence-electron chi connectivity index (χ2n) is 6.69. The summed E-state index contributed by atoms with van der Waals surface area (Å²) in [6.45, 7) is 4.01. The Kier molecular flexibility index (Phi) is 4.20. The second-order valence-corrected chi connectivity index (χ2v) is 6.69. The molecule has 1 aliphatic carbocycles. The van der Waals surface area contributed by atoms with Gasteiger partial charge >= 0.3 is 11.9 Å². The lowest BCUT2D eigenvalue weighted by Crippen LogP contribution is -2.47. The van der Waals surface area contributed by atoms with E-state index in [4.69, 9.17) is 18.9 Å². The molecule has 0 radical (unpaired) electrons. The molecule has 0 spiro atoms. The van der Waals surface area contributed by atoms with E-state index >= 15 is 0 Å². The standard InChI is InChI=1S/C16H22O7/c1-16(2)22-7-10(23-16)13(17)9-5-4-8-6-21-15(19)11(8)12(9)14(18)20-3/h4-5,8-13,17H,6-7H2,1-3H3/t8-,9-,10+,11-,12+,13+/m1/s1. The molecule has 2 fully saturated rings. The summed E-state index contributed by atoms with van der Waals surface area (Å²) in [5, 5.41) is 10.7. The predicted octanol–water partition coefficient (Wildman–Crippen LogP) is 0.263. The van der Waals surface area contributed by atoms with Crippen LogP contribution in [0.5, 0.6) is 0 Å². The number of aliphatic hydroxyl groups excluding tert-OH is 1. The Morgan fingerprint density at radius 3 is 2.74 bits per heavy atom. The molecule has 7 nitrogen and oxygen atoms in total. The van der Waals surface area contributed by atoms with Crippen LogP contribution in [-0.4, -0.2) is 55.4 Å². The van der Waals surface area contributed by atoms with Gasteiger partial charge in [-0.1, -0.05) is 12.2 Å². The smallest absolute Gasteiger partial charge is 0.310 e. The molecule has 128 valence electrons. The fraction of sp³-hybridized carbons (Fsp3) is 0.750. The molecule has 0 aromatic rings. The Bertz CT molecular complexity index is 527. The Morgan fingerprint density at radius 2 is 2.13 bits per heavy atom. The van der Waals surface area contributed by atoms with Crippen LogP contribution in [0.4, 0.5) is 0 Å². The van der Waals surface area contributed by atoms with Gasteiger partial charge in [0.2, 0.25) is 0 Å². The van der Waals surface area contributed by atoms with Crippen LogP contribution in [0, 0.1) is 23.7 Å². The molecule has 2 saturated heterocycles. The molecular weight excluding hydrogens is 304 g/mol. The van der Waals surface area contributed by atoms with Crippen molar-refractivity contribution in [2.45, 2.75) is 31.8 Å². The van der Waals surface area contributed by atoms with Crippen molar-refractivity contribution in [3.8, 4) is 0 Å². The topological polar surface area (TPSA) is 91.3 Å². The molecule has 6 atom stereocenters. The number of cyclic esters (lactones) is 1. The van der Waals surface area contributed by atoms with Crippen molar-refractivity contribution in [3.63, 3.8) is 0 Å². The van der Waals surface area contributed by atoms with Crippen LogP contribution < -0.4 is 0 Å². The second kappa shape index (κ2) is 5.89. The number of carbonyl (C=O) groups is 2. The summed E-state index contributed by atoms with van der Waals surface area (Å²) in [4.78, 5) is 24.3. The van der Waals surface area contributed by atoms with E-state index in [1.165, 1.54) is 7.11 Å². The summed E-state index contributed by atoms with van der Waals surface area (Å²) in [6.07, 6.45) is 2.06. The fourth-order valence-corrected chi connectivity index (χ4v) is 3.67. The van der Waals surface area contributed by atoms with E-state index in [1.54, 1.807) is 19.9 Å². The van der Waals surface area contributed by atoms with Gasteiger partial charge in [0.15, 0.2) is 5.79 Å². The predicted molar refractivity (Wildman–Crippen MR) is 77.0 cm³/mol. The molecule has 0 aromatic heterocycles. The van der Waals surface area contributed by atoms with Crippen LogP contribution in [0.25, 0.3) is 0 Å². The Hall–Kier alpha value is -1.44. The maximum atomic E-state index is 12.3. The first-order chi connectivity index (χ1) is 10.8. The number of carbonyl (C=O) groups excluding carboxylic acids is 2. The van der Waals surface area contributed by atoms with E-state index in [1.807, 2.05) is 6.08 Å². The maximum Gasteiger partial charge on any atom is 0.310 e. The highest BCUT2D eigenvalue weighted by atomic mass is 16.7. The van der Waals surface area contributed by atoms with Crippen molar-refractivity contribution in [2.75, 3.05) is 20.3 Å². The summed E-state index contributed by atoms with van der Waals surface area (Å²) in [7, 11) is 1.28. The van der Waals surface area contributed by atoms with E-state index in [2.05, 4.69) is 0 Å². The largest absolute Gasteiger partial charge is 0.469 e. The lowest BCUT2D eigenvalue weighted by molar-refractivity contribution is -0.166. The monoisotopic (exact) mass is 326 g/mol. The van der Waals surface area contributed by atoms with Gasteiger partial charge in [-0.3, -0.25) is 9.59 Å². The molecule has 7 heteroatoms. The van der Waals surface area contributed by atoms with Crippen molar-refractivity contribution in [1.29, 1.82) is 0 Å². The van der Waals surface area contributed by atoms with E-state index in [9.17, 15) is 14.7 Å². The Labute approximate surface area is 134 Å². The number of esters is 2. The lowest BCUT2D eigenvalue weighted by atomic mass is 9.69. The zero-order valence-corrected chi connectivity index (χ0v) is 13.4. The Morgan fingerprint density at radius 1 is 1.39 bits per heavy atom. The molecule has 2 heterocycles. The number of fused-ring (bicyclic) bond motifs is 1. The average molecular weight is 326 g/mol. The van der Waals surface area contributed by atoms with Crippen molar-refractivity contribution < 1.29 is 33.6 Å². The molecule has 0 amide bonds. The molecule has 0 bridgehead atoms. The zero-order valence-electron chi connectivity index (χ0n) is 13.4. The van der Waals surface area contributed by atoms with Crippen molar-refractivity contribution >= 4 is 11.9 Å². The molecule has 2 aliphatic heterocycles. The number of hydrogen-bond acceptors (Lipinski definition) is 7. The molecular formula is C16H22O7. The summed E-state index contributed by atoms with van der Waals surface area (Å²) in [5.41, 5.74) is 0. The minimum absolute atomic E-state index is 0.160. The van der Waals surface area contributed by atoms with E-state index in [0.29, 0.717) is 0 Å². The van der Waals surface area contributed by atoms with E-state index in [0.717, 1.165) is 0 Å². The normalized spacial score (nSPS) is 39.7. The first kappa shape index (κ1) is 16.4. The minimum Gasteiger partial charge on any atom is -0.469 e. The highest BCUT2D eigenvalue weighted by molar-refractivity contribution is 5.84. The third kappa shape index (κ3) is 2.88. The van der Waals surface area contributed by atoms with Gasteiger partial charge in [0.25, 0.3) is 0 Å². The van der Waals surface area contributed by atoms with Crippen molar-refractivity contribution in [3.05, 3.63) is 12.2 Å². The number of rotatable bonds is 3.